The summed E-state index contributed by atoms with van der Waals surface area (Å²) in [6.07, 6.45) is 3.72. The summed E-state index contributed by atoms with van der Waals surface area (Å²) >= 11 is 0. The van der Waals surface area contributed by atoms with Crippen LogP contribution in [-0.4, -0.2) is 17.5 Å². The van der Waals surface area contributed by atoms with Crippen molar-refractivity contribution in [2.45, 2.75) is 38.8 Å². The van der Waals surface area contributed by atoms with E-state index in [4.69, 9.17) is 5.73 Å². The molecule has 1 aliphatic heterocycles. The molecule has 2 nitrogen and oxygen atoms in total. The van der Waals surface area contributed by atoms with Gasteiger partial charge in [0.25, 0.3) is 0 Å². The Morgan fingerprint density at radius 1 is 1.44 bits per heavy atom. The molecule has 1 aliphatic rings. The van der Waals surface area contributed by atoms with Crippen molar-refractivity contribution in [3.05, 3.63) is 29.6 Å². The van der Waals surface area contributed by atoms with E-state index in [1.54, 1.807) is 6.07 Å². The summed E-state index contributed by atoms with van der Waals surface area (Å²) < 4.78 is 13.7. The van der Waals surface area contributed by atoms with Crippen molar-refractivity contribution < 1.29 is 4.39 Å². The highest BCUT2D eigenvalue weighted by molar-refractivity contribution is 5.42. The molecule has 3 heteroatoms. The van der Waals surface area contributed by atoms with Crippen LogP contribution in [0.3, 0.4) is 0 Å². The smallest absolute Gasteiger partial charge is 0.150 e. The fraction of sp³-hybridized carbons (Fsp3) is 0.538. The predicted molar refractivity (Wildman–Crippen MR) is 64.5 cm³/mol. The van der Waals surface area contributed by atoms with Crippen LogP contribution in [0.25, 0.3) is 0 Å². The molecule has 1 atom stereocenters. The molecule has 0 spiro atoms. The highest BCUT2D eigenvalue weighted by Gasteiger charge is 2.19. The van der Waals surface area contributed by atoms with Gasteiger partial charge in [0.15, 0.2) is 5.82 Å². The number of benzene rings is 1. The molecular formula is C13H19FN2. The van der Waals surface area contributed by atoms with Gasteiger partial charge >= 0.3 is 0 Å². The Bertz CT molecular complexity index is 365. The van der Waals surface area contributed by atoms with Crippen molar-refractivity contribution in [3.63, 3.8) is 0 Å². The standard InChI is InChI=1S/C13H19FN2/c1-10-5-2-3-8-16(10)9-11-6-4-7-12(15)13(11)14/h4,6-7,10H,2-3,5,8-9,15H2,1H3. The zero-order valence-corrected chi connectivity index (χ0v) is 9.75. The second kappa shape index (κ2) is 4.83. The van der Waals surface area contributed by atoms with E-state index in [1.165, 1.54) is 19.3 Å². The van der Waals surface area contributed by atoms with Crippen molar-refractivity contribution in [1.82, 2.24) is 4.90 Å². The van der Waals surface area contributed by atoms with E-state index in [-0.39, 0.29) is 11.5 Å². The summed E-state index contributed by atoms with van der Waals surface area (Å²) in [5.74, 6) is -0.250. The number of nitrogen functional groups attached to an aromatic ring is 1. The van der Waals surface area contributed by atoms with Gasteiger partial charge in [-0.2, -0.15) is 0 Å². The van der Waals surface area contributed by atoms with Crippen LogP contribution in [0.15, 0.2) is 18.2 Å². The number of nitrogens with zero attached hydrogens (tertiary/aromatic N) is 1. The number of halogens is 1. The van der Waals surface area contributed by atoms with Gasteiger partial charge < -0.3 is 5.73 Å². The van der Waals surface area contributed by atoms with Gasteiger partial charge in [-0.25, -0.2) is 4.39 Å². The number of piperidine rings is 1. The molecular weight excluding hydrogens is 203 g/mol. The maximum Gasteiger partial charge on any atom is 0.150 e. The molecule has 0 bridgehead atoms. The van der Waals surface area contributed by atoms with Gasteiger partial charge in [-0.1, -0.05) is 18.6 Å². The average molecular weight is 222 g/mol. The number of nitrogens with two attached hydrogens (primary N) is 1. The van der Waals surface area contributed by atoms with Crippen molar-refractivity contribution in [1.29, 1.82) is 0 Å². The first-order chi connectivity index (χ1) is 7.68. The molecule has 2 rings (SSSR count). The summed E-state index contributed by atoms with van der Waals surface area (Å²) in [6, 6.07) is 5.81. The summed E-state index contributed by atoms with van der Waals surface area (Å²) in [4.78, 5) is 2.33. The first-order valence-electron chi connectivity index (χ1n) is 5.95. The van der Waals surface area contributed by atoms with Crippen LogP contribution in [0.1, 0.15) is 31.7 Å². The van der Waals surface area contributed by atoms with E-state index >= 15 is 0 Å². The monoisotopic (exact) mass is 222 g/mol. The van der Waals surface area contributed by atoms with E-state index in [0.29, 0.717) is 18.2 Å². The lowest BCUT2D eigenvalue weighted by molar-refractivity contribution is 0.151. The van der Waals surface area contributed by atoms with Gasteiger partial charge in [0.1, 0.15) is 0 Å². The zero-order chi connectivity index (χ0) is 11.5. The van der Waals surface area contributed by atoms with Crippen LogP contribution in [0, 0.1) is 5.82 Å². The Balaban J connectivity index is 2.10. The van der Waals surface area contributed by atoms with Crippen molar-refractivity contribution in [3.8, 4) is 0 Å². The SMILES string of the molecule is CC1CCCCN1Cc1cccc(N)c1F. The molecule has 0 radical (unpaired) electrons. The number of anilines is 1. The lowest BCUT2D eigenvalue weighted by atomic mass is 10.0. The maximum absolute atomic E-state index is 13.7. The van der Waals surface area contributed by atoms with Crippen LogP contribution in [0.5, 0.6) is 0 Å². The summed E-state index contributed by atoms with van der Waals surface area (Å²) in [5, 5.41) is 0. The van der Waals surface area contributed by atoms with Gasteiger partial charge in [-0.3, -0.25) is 4.90 Å². The van der Waals surface area contributed by atoms with E-state index in [2.05, 4.69) is 11.8 Å². The topological polar surface area (TPSA) is 29.3 Å². The van der Waals surface area contributed by atoms with E-state index in [0.717, 1.165) is 6.54 Å². The molecule has 2 N–H and O–H groups in total. The molecule has 1 aromatic carbocycles. The quantitative estimate of drug-likeness (QED) is 0.780. The minimum absolute atomic E-state index is 0.250. The first-order valence-corrected chi connectivity index (χ1v) is 5.95. The van der Waals surface area contributed by atoms with E-state index in [9.17, 15) is 4.39 Å². The Kier molecular flexibility index (Phi) is 3.44. The fourth-order valence-electron chi connectivity index (χ4n) is 2.33. The number of hydrogen-bond donors (Lipinski definition) is 1. The summed E-state index contributed by atoms with van der Waals surface area (Å²) in [7, 11) is 0. The average Bonchev–Trinajstić information content (AvgIpc) is 2.28. The molecule has 1 unspecified atom stereocenters. The molecule has 1 heterocycles. The molecule has 0 amide bonds. The van der Waals surface area contributed by atoms with E-state index < -0.39 is 0 Å². The van der Waals surface area contributed by atoms with Crippen molar-refractivity contribution >= 4 is 5.69 Å². The van der Waals surface area contributed by atoms with Crippen LogP contribution in [-0.2, 0) is 6.54 Å². The third-order valence-electron chi connectivity index (χ3n) is 3.42. The van der Waals surface area contributed by atoms with Crippen LogP contribution in [0.2, 0.25) is 0 Å². The summed E-state index contributed by atoms with van der Waals surface area (Å²) in [6.45, 7) is 3.96. The number of hydrogen-bond acceptors (Lipinski definition) is 2. The molecule has 1 fully saturated rings. The third kappa shape index (κ3) is 2.35. The lowest BCUT2D eigenvalue weighted by Crippen LogP contribution is -2.37. The van der Waals surface area contributed by atoms with E-state index in [1.807, 2.05) is 12.1 Å². The van der Waals surface area contributed by atoms with Crippen LogP contribution < -0.4 is 5.73 Å². The molecule has 0 aliphatic carbocycles. The Labute approximate surface area is 96.2 Å². The largest absolute Gasteiger partial charge is 0.396 e. The highest BCUT2D eigenvalue weighted by Crippen LogP contribution is 2.22. The van der Waals surface area contributed by atoms with Gasteiger partial charge in [-0.15, -0.1) is 0 Å². The number of likely N-dealkylation sites (tertiary alicyclic amines) is 1. The van der Waals surface area contributed by atoms with Crippen LogP contribution >= 0.6 is 0 Å². The van der Waals surface area contributed by atoms with Gasteiger partial charge in [0, 0.05) is 18.2 Å². The highest BCUT2D eigenvalue weighted by atomic mass is 19.1. The molecule has 0 aromatic heterocycles. The third-order valence-corrected chi connectivity index (χ3v) is 3.42. The second-order valence-corrected chi connectivity index (χ2v) is 4.64. The Morgan fingerprint density at radius 2 is 2.25 bits per heavy atom. The molecule has 16 heavy (non-hydrogen) atoms. The maximum atomic E-state index is 13.7. The normalized spacial score (nSPS) is 22.2. The number of rotatable bonds is 2. The van der Waals surface area contributed by atoms with Crippen LogP contribution in [0.4, 0.5) is 10.1 Å². The predicted octanol–water partition coefficient (Wildman–Crippen LogP) is 2.78. The molecule has 88 valence electrons. The summed E-state index contributed by atoms with van der Waals surface area (Å²) in [5.41, 5.74) is 6.54. The zero-order valence-electron chi connectivity index (χ0n) is 9.75. The van der Waals surface area contributed by atoms with Crippen molar-refractivity contribution in [2.24, 2.45) is 0 Å². The fourth-order valence-corrected chi connectivity index (χ4v) is 2.33. The Morgan fingerprint density at radius 3 is 3.00 bits per heavy atom. The van der Waals surface area contributed by atoms with Crippen molar-refractivity contribution in [2.75, 3.05) is 12.3 Å². The van der Waals surface area contributed by atoms with Gasteiger partial charge in [-0.05, 0) is 32.4 Å². The molecule has 0 saturated carbocycles. The second-order valence-electron chi connectivity index (χ2n) is 4.64. The van der Waals surface area contributed by atoms with Gasteiger partial charge in [0.05, 0.1) is 5.69 Å². The minimum Gasteiger partial charge on any atom is -0.396 e. The van der Waals surface area contributed by atoms with Gasteiger partial charge in [0.2, 0.25) is 0 Å². The Hall–Kier alpha value is -1.09. The minimum atomic E-state index is -0.250. The molecule has 1 saturated heterocycles. The molecule has 1 aromatic rings. The first kappa shape index (κ1) is 11.4. The lowest BCUT2D eigenvalue weighted by Gasteiger charge is -2.33.